The summed E-state index contributed by atoms with van der Waals surface area (Å²) in [6, 6.07) is 6.81. The van der Waals surface area contributed by atoms with Crippen LogP contribution in [0.1, 0.15) is 12.0 Å². The van der Waals surface area contributed by atoms with Gasteiger partial charge in [0.25, 0.3) is 0 Å². The highest BCUT2D eigenvalue weighted by Crippen LogP contribution is 2.48. The van der Waals surface area contributed by atoms with E-state index in [0.717, 1.165) is 12.5 Å². The number of carbonyl (C=O) groups excluding carboxylic acids is 1. The summed E-state index contributed by atoms with van der Waals surface area (Å²) in [5.74, 6) is 0.0464. The Morgan fingerprint density at radius 1 is 1.34 bits per heavy atom. The standard InChI is InChI=1S/C21H23FN4O3/c1-26(2)20(23)25-21(12-27)16-8-13(14-7-15(22)10-24-9-14)3-4-18(16)29-19-5-6-28-11-17(19)21/h3-4,7-10,12,17,19H,5-6,11H2,1-2H3,(H2,23,25). The lowest BCUT2D eigenvalue weighted by Gasteiger charge is -2.45. The van der Waals surface area contributed by atoms with Crippen molar-refractivity contribution in [2.24, 2.45) is 16.6 Å². The van der Waals surface area contributed by atoms with Gasteiger partial charge in [0.1, 0.15) is 17.7 Å². The van der Waals surface area contributed by atoms with Gasteiger partial charge in [-0.3, -0.25) is 4.98 Å². The van der Waals surface area contributed by atoms with E-state index in [1.807, 2.05) is 6.07 Å². The fourth-order valence-electron chi connectivity index (χ4n) is 3.94. The second kappa shape index (κ2) is 7.44. The normalized spacial score (nSPS) is 26.1. The van der Waals surface area contributed by atoms with Crippen LogP contribution in [0.15, 0.2) is 41.7 Å². The summed E-state index contributed by atoms with van der Waals surface area (Å²) in [5, 5.41) is 0. The highest BCUT2D eigenvalue weighted by molar-refractivity contribution is 5.84. The third kappa shape index (κ3) is 3.33. The Morgan fingerprint density at radius 3 is 2.90 bits per heavy atom. The molecule has 0 bridgehead atoms. The largest absolute Gasteiger partial charge is 0.489 e. The number of aromatic nitrogens is 1. The van der Waals surface area contributed by atoms with Gasteiger partial charge in [0.15, 0.2) is 17.8 Å². The summed E-state index contributed by atoms with van der Waals surface area (Å²) in [4.78, 5) is 22.8. The smallest absolute Gasteiger partial charge is 0.192 e. The summed E-state index contributed by atoms with van der Waals surface area (Å²) in [7, 11) is 3.53. The van der Waals surface area contributed by atoms with Gasteiger partial charge < -0.3 is 24.9 Å². The zero-order valence-electron chi connectivity index (χ0n) is 16.3. The predicted molar refractivity (Wildman–Crippen MR) is 106 cm³/mol. The molecule has 152 valence electrons. The Morgan fingerprint density at radius 2 is 2.17 bits per heavy atom. The molecular formula is C21H23FN4O3. The number of pyridine rings is 1. The number of aldehydes is 1. The van der Waals surface area contributed by atoms with Crippen LogP contribution >= 0.6 is 0 Å². The zero-order chi connectivity index (χ0) is 20.6. The van der Waals surface area contributed by atoms with Gasteiger partial charge in [-0.1, -0.05) is 6.07 Å². The molecule has 1 fully saturated rings. The van der Waals surface area contributed by atoms with E-state index in [1.54, 1.807) is 37.3 Å². The van der Waals surface area contributed by atoms with Crippen molar-refractivity contribution >= 4 is 12.2 Å². The molecule has 3 unspecified atom stereocenters. The molecule has 0 aliphatic carbocycles. The third-order valence-electron chi connectivity index (χ3n) is 5.52. The molecule has 3 atom stereocenters. The van der Waals surface area contributed by atoms with Crippen molar-refractivity contribution < 1.29 is 18.7 Å². The van der Waals surface area contributed by atoms with Crippen molar-refractivity contribution in [2.75, 3.05) is 27.3 Å². The zero-order valence-corrected chi connectivity index (χ0v) is 16.3. The van der Waals surface area contributed by atoms with E-state index >= 15 is 0 Å². The molecular weight excluding hydrogens is 375 g/mol. The lowest BCUT2D eigenvalue weighted by atomic mass is 9.72. The molecule has 7 nitrogen and oxygen atoms in total. The van der Waals surface area contributed by atoms with Crippen molar-refractivity contribution in [3.05, 3.63) is 48.0 Å². The van der Waals surface area contributed by atoms with E-state index in [0.29, 0.717) is 42.1 Å². The number of halogens is 1. The molecule has 1 aromatic carbocycles. The maximum absolute atomic E-state index is 13.7. The summed E-state index contributed by atoms with van der Waals surface area (Å²) >= 11 is 0. The van der Waals surface area contributed by atoms with Crippen LogP contribution in [0.2, 0.25) is 0 Å². The van der Waals surface area contributed by atoms with Crippen molar-refractivity contribution in [3.8, 4) is 16.9 Å². The minimum absolute atomic E-state index is 0.207. The van der Waals surface area contributed by atoms with Gasteiger partial charge in [0, 0.05) is 37.8 Å². The Kier molecular flexibility index (Phi) is 4.96. The molecule has 1 aromatic heterocycles. The van der Waals surface area contributed by atoms with Crippen LogP contribution in [-0.2, 0) is 15.1 Å². The molecule has 1 saturated heterocycles. The van der Waals surface area contributed by atoms with Crippen LogP contribution in [0.25, 0.3) is 11.1 Å². The highest BCUT2D eigenvalue weighted by atomic mass is 19.1. The number of hydrogen-bond donors (Lipinski definition) is 1. The first-order valence-electron chi connectivity index (χ1n) is 9.43. The second-order valence-corrected chi connectivity index (χ2v) is 7.54. The monoisotopic (exact) mass is 398 g/mol. The first kappa shape index (κ1) is 19.3. The van der Waals surface area contributed by atoms with Crippen LogP contribution in [0.5, 0.6) is 5.75 Å². The van der Waals surface area contributed by atoms with Gasteiger partial charge in [-0.25, -0.2) is 9.38 Å². The van der Waals surface area contributed by atoms with Gasteiger partial charge in [-0.15, -0.1) is 0 Å². The molecule has 29 heavy (non-hydrogen) atoms. The molecule has 2 aliphatic rings. The number of ether oxygens (including phenoxy) is 2. The molecule has 2 aromatic rings. The Hall–Kier alpha value is -3.00. The van der Waals surface area contributed by atoms with Crippen molar-refractivity contribution in [3.63, 3.8) is 0 Å². The summed E-state index contributed by atoms with van der Waals surface area (Å²) in [6.45, 7) is 0.893. The van der Waals surface area contributed by atoms with E-state index in [9.17, 15) is 9.18 Å². The van der Waals surface area contributed by atoms with E-state index in [-0.39, 0.29) is 18.0 Å². The minimum atomic E-state index is -1.26. The lowest BCUT2D eigenvalue weighted by molar-refractivity contribution is -0.124. The van der Waals surface area contributed by atoms with Crippen molar-refractivity contribution in [1.82, 2.24) is 9.88 Å². The number of benzene rings is 1. The van der Waals surface area contributed by atoms with E-state index < -0.39 is 11.4 Å². The Bertz CT molecular complexity index is 965. The molecule has 0 amide bonds. The van der Waals surface area contributed by atoms with E-state index in [1.165, 1.54) is 6.07 Å². The van der Waals surface area contributed by atoms with Gasteiger partial charge in [0.05, 0.1) is 25.3 Å². The number of hydrogen-bond acceptors (Lipinski definition) is 5. The lowest BCUT2D eigenvalue weighted by Crippen LogP contribution is -2.54. The highest BCUT2D eigenvalue weighted by Gasteiger charge is 2.52. The molecule has 0 spiro atoms. The molecule has 3 heterocycles. The van der Waals surface area contributed by atoms with Gasteiger partial charge in [-0.2, -0.15) is 0 Å². The Labute approximate surface area is 168 Å². The minimum Gasteiger partial charge on any atom is -0.489 e. The summed E-state index contributed by atoms with van der Waals surface area (Å²) < 4.78 is 25.5. The Balaban J connectivity index is 1.92. The van der Waals surface area contributed by atoms with Crippen molar-refractivity contribution in [1.29, 1.82) is 0 Å². The number of nitrogens with zero attached hydrogens (tertiary/aromatic N) is 3. The van der Waals surface area contributed by atoms with Crippen molar-refractivity contribution in [2.45, 2.75) is 18.1 Å². The van der Waals surface area contributed by atoms with Gasteiger partial charge in [0.2, 0.25) is 0 Å². The topological polar surface area (TPSA) is 90.0 Å². The number of fused-ring (bicyclic) bond motifs is 2. The molecule has 2 N–H and O–H groups in total. The number of rotatable bonds is 3. The van der Waals surface area contributed by atoms with Crippen LogP contribution in [0, 0.1) is 11.7 Å². The molecule has 0 saturated carbocycles. The predicted octanol–water partition coefficient (Wildman–Crippen LogP) is 1.96. The maximum atomic E-state index is 13.7. The number of aliphatic imine (C=N–C) groups is 1. The van der Waals surface area contributed by atoms with Crippen LogP contribution < -0.4 is 10.5 Å². The van der Waals surface area contributed by atoms with Crippen LogP contribution in [0.3, 0.4) is 0 Å². The SMILES string of the molecule is CN(C)C(N)=NC1(C=O)c2cc(-c3cncc(F)c3)ccc2OC2CCOCC21. The average molecular weight is 398 g/mol. The number of carbonyl (C=O) groups is 1. The van der Waals surface area contributed by atoms with Gasteiger partial charge in [-0.05, 0) is 23.8 Å². The van der Waals surface area contributed by atoms with Crippen LogP contribution in [-0.4, -0.2) is 55.5 Å². The molecule has 2 aliphatic heterocycles. The summed E-state index contributed by atoms with van der Waals surface area (Å²) in [5.41, 5.74) is 6.76. The third-order valence-corrected chi connectivity index (χ3v) is 5.52. The van der Waals surface area contributed by atoms with E-state index in [4.69, 9.17) is 15.2 Å². The average Bonchev–Trinajstić information content (AvgIpc) is 2.73. The fraction of sp³-hybridized carbons (Fsp3) is 0.381. The second-order valence-electron chi connectivity index (χ2n) is 7.54. The molecule has 8 heteroatoms. The molecule has 0 radical (unpaired) electrons. The van der Waals surface area contributed by atoms with E-state index in [2.05, 4.69) is 9.98 Å². The van der Waals surface area contributed by atoms with Gasteiger partial charge >= 0.3 is 0 Å². The first-order valence-corrected chi connectivity index (χ1v) is 9.43. The number of nitrogens with two attached hydrogens (primary N) is 1. The summed E-state index contributed by atoms with van der Waals surface area (Å²) in [6.07, 6.45) is 3.99. The maximum Gasteiger partial charge on any atom is 0.192 e. The number of guanidine groups is 1. The quantitative estimate of drug-likeness (QED) is 0.483. The fourth-order valence-corrected chi connectivity index (χ4v) is 3.94. The molecule has 4 rings (SSSR count). The van der Waals surface area contributed by atoms with Crippen LogP contribution in [0.4, 0.5) is 4.39 Å². The first-order chi connectivity index (χ1) is 13.9.